The van der Waals surface area contributed by atoms with Crippen LogP contribution in [0.3, 0.4) is 0 Å². The van der Waals surface area contributed by atoms with E-state index in [4.69, 9.17) is 18.0 Å². The maximum atomic E-state index is 12.5. The summed E-state index contributed by atoms with van der Waals surface area (Å²) >= 11 is 5.90. The van der Waals surface area contributed by atoms with Crippen LogP contribution in [0.2, 0.25) is 5.02 Å². The van der Waals surface area contributed by atoms with E-state index in [0.717, 1.165) is 10.4 Å². The molecule has 114 valence electrons. The fourth-order valence-corrected chi connectivity index (χ4v) is 3.54. The molecule has 0 aromatic heterocycles. The number of sulfonamides is 1. The molecule has 21 heavy (non-hydrogen) atoms. The average molecular weight is 331 g/mol. The summed E-state index contributed by atoms with van der Waals surface area (Å²) in [6.45, 7) is 3.40. The molecule has 0 unspecified atom stereocenters. The highest BCUT2D eigenvalue weighted by atomic mass is 35.5. The fraction of sp³-hybridized carbons (Fsp3) is 0.385. The van der Waals surface area contributed by atoms with Crippen molar-refractivity contribution in [2.45, 2.75) is 25.2 Å². The van der Waals surface area contributed by atoms with Gasteiger partial charge in [0.15, 0.2) is 0 Å². The van der Waals surface area contributed by atoms with Crippen LogP contribution < -0.4 is 0 Å². The second-order valence-electron chi connectivity index (χ2n) is 4.35. The first-order valence-electron chi connectivity index (χ1n) is 6.13. The molecule has 1 rings (SSSR count). The van der Waals surface area contributed by atoms with Crippen molar-refractivity contribution in [3.63, 3.8) is 0 Å². The number of benzene rings is 1. The topological polar surface area (TPSA) is 80.5 Å². The lowest BCUT2D eigenvalue weighted by atomic mass is 10.2. The van der Waals surface area contributed by atoms with Crippen molar-refractivity contribution in [1.29, 1.82) is 0 Å². The van der Waals surface area contributed by atoms with Crippen molar-refractivity contribution in [3.05, 3.63) is 32.8 Å². The Hall–Kier alpha value is -1.62. The Balaban J connectivity index is 3.44. The van der Waals surface area contributed by atoms with Gasteiger partial charge in [0.1, 0.15) is 0 Å². The third-order valence-electron chi connectivity index (χ3n) is 2.87. The van der Waals surface area contributed by atoms with Crippen molar-refractivity contribution in [2.75, 3.05) is 13.1 Å². The van der Waals surface area contributed by atoms with Gasteiger partial charge in [-0.1, -0.05) is 24.4 Å². The van der Waals surface area contributed by atoms with E-state index in [0.29, 0.717) is 6.42 Å². The first-order valence-corrected chi connectivity index (χ1v) is 7.95. The first kappa shape index (κ1) is 17.4. The number of halogens is 1. The zero-order chi connectivity index (χ0) is 16.2. The zero-order valence-electron chi connectivity index (χ0n) is 11.7. The molecule has 0 bridgehead atoms. The molecule has 0 N–H and O–H groups in total. The Kier molecular flexibility index (Phi) is 5.72. The summed E-state index contributed by atoms with van der Waals surface area (Å²) in [6, 6.07) is 2.22. The third kappa shape index (κ3) is 3.73. The number of nitro groups is 1. The van der Waals surface area contributed by atoms with Gasteiger partial charge in [-0.05, 0) is 19.4 Å². The molecule has 0 amide bonds. The van der Waals surface area contributed by atoms with Crippen LogP contribution in [0.1, 0.15) is 18.9 Å². The van der Waals surface area contributed by atoms with Crippen LogP contribution in [0.15, 0.2) is 17.0 Å². The lowest BCUT2D eigenvalue weighted by Gasteiger charge is -2.19. The molecule has 0 saturated heterocycles. The molecule has 1 aromatic rings. The smallest absolute Gasteiger partial charge is 0.258 e. The van der Waals surface area contributed by atoms with E-state index in [1.165, 1.54) is 13.0 Å². The molecule has 1 aromatic carbocycles. The highest BCUT2D eigenvalue weighted by molar-refractivity contribution is 7.89. The Labute approximate surface area is 128 Å². The molecule has 6 nitrogen and oxygen atoms in total. The number of terminal acetylenes is 1. The molecule has 0 spiro atoms. The van der Waals surface area contributed by atoms with Crippen LogP contribution in [-0.2, 0) is 10.0 Å². The molecule has 0 radical (unpaired) electrons. The minimum absolute atomic E-state index is 0.0277. The molecule has 0 aliphatic heterocycles. The van der Waals surface area contributed by atoms with E-state index in [-0.39, 0.29) is 34.3 Å². The quantitative estimate of drug-likeness (QED) is 0.456. The minimum Gasteiger partial charge on any atom is -0.258 e. The lowest BCUT2D eigenvalue weighted by Crippen LogP contribution is -2.32. The summed E-state index contributed by atoms with van der Waals surface area (Å²) in [5, 5.41) is 11.0. The summed E-state index contributed by atoms with van der Waals surface area (Å²) in [4.78, 5) is 10.1. The zero-order valence-corrected chi connectivity index (χ0v) is 13.2. The summed E-state index contributed by atoms with van der Waals surface area (Å²) in [5.74, 6) is 2.27. The van der Waals surface area contributed by atoms with Crippen LogP contribution in [-0.4, -0.2) is 30.7 Å². The highest BCUT2D eigenvalue weighted by Crippen LogP contribution is 2.30. The van der Waals surface area contributed by atoms with Crippen molar-refractivity contribution in [2.24, 2.45) is 0 Å². The van der Waals surface area contributed by atoms with Crippen LogP contribution in [0.25, 0.3) is 0 Å². The second kappa shape index (κ2) is 6.89. The van der Waals surface area contributed by atoms with Gasteiger partial charge in [0.25, 0.3) is 5.69 Å². The van der Waals surface area contributed by atoms with Crippen molar-refractivity contribution < 1.29 is 13.3 Å². The van der Waals surface area contributed by atoms with Gasteiger partial charge in [0.2, 0.25) is 10.0 Å². The number of rotatable bonds is 6. The Bertz CT molecular complexity index is 695. The minimum atomic E-state index is -3.92. The van der Waals surface area contributed by atoms with Gasteiger partial charge in [-0.3, -0.25) is 10.1 Å². The normalized spacial score (nSPS) is 11.4. The van der Waals surface area contributed by atoms with Crippen LogP contribution in [0.5, 0.6) is 0 Å². The molecule has 0 aliphatic carbocycles. The monoisotopic (exact) mass is 330 g/mol. The summed E-state index contributed by atoms with van der Waals surface area (Å²) < 4.78 is 26.1. The SMILES string of the molecule is C#CCN(CCC)S(=O)(=O)c1cc(Cl)c(C)c([N+](=O)[O-])c1. The van der Waals surface area contributed by atoms with Gasteiger partial charge < -0.3 is 0 Å². The fourth-order valence-electron chi connectivity index (χ4n) is 1.76. The van der Waals surface area contributed by atoms with Crippen LogP contribution in [0.4, 0.5) is 5.69 Å². The predicted octanol–water partition coefficient (Wildman–Crippen LogP) is 2.59. The summed E-state index contributed by atoms with van der Waals surface area (Å²) in [5.41, 5.74) is -0.113. The van der Waals surface area contributed by atoms with Crippen LogP contribution >= 0.6 is 11.6 Å². The Morgan fingerprint density at radius 1 is 1.48 bits per heavy atom. The number of nitrogens with zero attached hydrogens (tertiary/aromatic N) is 2. The highest BCUT2D eigenvalue weighted by Gasteiger charge is 2.27. The van der Waals surface area contributed by atoms with Crippen LogP contribution in [0, 0.1) is 29.4 Å². The van der Waals surface area contributed by atoms with E-state index in [1.807, 2.05) is 6.92 Å². The molecule has 8 heteroatoms. The summed E-state index contributed by atoms with van der Waals surface area (Å²) in [7, 11) is -3.92. The summed E-state index contributed by atoms with van der Waals surface area (Å²) in [6.07, 6.45) is 5.75. The lowest BCUT2D eigenvalue weighted by molar-refractivity contribution is -0.385. The van der Waals surface area contributed by atoms with Gasteiger partial charge in [-0.2, -0.15) is 4.31 Å². The standard InChI is InChI=1S/C13H15ClN2O4S/c1-4-6-15(7-5-2)21(19,20)11-8-12(14)10(3)13(9-11)16(17)18/h1,8-9H,5-7H2,2-3H3. The van der Waals surface area contributed by atoms with E-state index >= 15 is 0 Å². The largest absolute Gasteiger partial charge is 0.275 e. The van der Waals surface area contributed by atoms with Gasteiger partial charge >= 0.3 is 0 Å². The second-order valence-corrected chi connectivity index (χ2v) is 6.69. The van der Waals surface area contributed by atoms with E-state index in [1.54, 1.807) is 0 Å². The predicted molar refractivity (Wildman–Crippen MR) is 80.7 cm³/mol. The van der Waals surface area contributed by atoms with Crippen molar-refractivity contribution in [3.8, 4) is 12.3 Å². The van der Waals surface area contributed by atoms with E-state index < -0.39 is 14.9 Å². The van der Waals surface area contributed by atoms with Gasteiger partial charge in [0, 0.05) is 18.2 Å². The number of nitro benzene ring substituents is 1. The Morgan fingerprint density at radius 3 is 2.57 bits per heavy atom. The maximum Gasteiger partial charge on any atom is 0.275 e. The first-order chi connectivity index (χ1) is 9.75. The van der Waals surface area contributed by atoms with Crippen molar-refractivity contribution >= 4 is 27.3 Å². The molecule has 0 fully saturated rings. The average Bonchev–Trinajstić information content (AvgIpc) is 2.40. The number of hydrogen-bond donors (Lipinski definition) is 0. The molecular formula is C13H15ClN2O4S. The Morgan fingerprint density at radius 2 is 2.10 bits per heavy atom. The molecule has 0 saturated carbocycles. The number of hydrogen-bond acceptors (Lipinski definition) is 4. The van der Waals surface area contributed by atoms with E-state index in [9.17, 15) is 18.5 Å². The van der Waals surface area contributed by atoms with E-state index in [2.05, 4.69) is 5.92 Å². The van der Waals surface area contributed by atoms with Gasteiger partial charge in [-0.25, -0.2) is 8.42 Å². The third-order valence-corrected chi connectivity index (χ3v) is 5.08. The maximum absolute atomic E-state index is 12.5. The van der Waals surface area contributed by atoms with Crippen molar-refractivity contribution in [1.82, 2.24) is 4.31 Å². The van der Waals surface area contributed by atoms with Gasteiger partial charge in [-0.15, -0.1) is 6.42 Å². The molecule has 0 aliphatic rings. The molecular weight excluding hydrogens is 316 g/mol. The molecule has 0 atom stereocenters. The molecule has 0 heterocycles. The van der Waals surface area contributed by atoms with Gasteiger partial charge in [0.05, 0.1) is 21.4 Å².